The predicted octanol–water partition coefficient (Wildman–Crippen LogP) is -2.08. The molecule has 3 aliphatic heterocycles. The van der Waals surface area contributed by atoms with Crippen LogP contribution in [0.2, 0.25) is 0 Å². The molecule has 3 heterocycles. The highest BCUT2D eigenvalue weighted by molar-refractivity contribution is 6.00. The van der Waals surface area contributed by atoms with Crippen molar-refractivity contribution in [2.75, 3.05) is 19.6 Å². The molecule has 0 unspecified atom stereocenters. The summed E-state index contributed by atoms with van der Waals surface area (Å²) in [6.07, 6.45) is -1.89. The molecule has 438 valence electrons. The number of benzene rings is 1. The second kappa shape index (κ2) is 29.0. The number of aromatic hydroxyl groups is 1. The number of carbonyl (C=O) groups excluding carboxylic acids is 9. The minimum atomic E-state index is -1.87. The number of aliphatic hydroxyl groups is 1. The Morgan fingerprint density at radius 3 is 1.47 bits per heavy atom. The number of amides is 9. The summed E-state index contributed by atoms with van der Waals surface area (Å²) in [5, 5.41) is 63.8. The Bertz CT molecular complexity index is 2420. The molecule has 11 atom stereocenters. The monoisotopic (exact) mass is 1110 g/mol. The fourth-order valence-electron chi connectivity index (χ4n) is 9.78. The molecule has 27 nitrogen and oxygen atoms in total. The maximum atomic E-state index is 14.2. The lowest BCUT2D eigenvalue weighted by molar-refractivity contribution is -0.148. The zero-order valence-electron chi connectivity index (χ0n) is 45.6. The van der Waals surface area contributed by atoms with Crippen molar-refractivity contribution in [2.45, 2.75) is 179 Å². The number of aliphatic hydroxyl groups excluding tert-OH is 1. The molecule has 0 aromatic heterocycles. The molecule has 0 aliphatic carbocycles. The summed E-state index contributed by atoms with van der Waals surface area (Å²) in [6.45, 7) is 11.3. The van der Waals surface area contributed by atoms with Crippen LogP contribution >= 0.6 is 0 Å². The van der Waals surface area contributed by atoms with Crippen LogP contribution in [0.1, 0.15) is 112 Å². The third-order valence-corrected chi connectivity index (χ3v) is 14.3. The van der Waals surface area contributed by atoms with Crippen LogP contribution < -0.4 is 37.6 Å². The summed E-state index contributed by atoms with van der Waals surface area (Å²) in [5.41, 5.74) is 6.40. The fourth-order valence-corrected chi connectivity index (χ4v) is 9.78. The lowest BCUT2D eigenvalue weighted by Gasteiger charge is -2.33. The smallest absolute Gasteiger partial charge is 0.326 e. The van der Waals surface area contributed by atoms with Gasteiger partial charge in [0.25, 0.3) is 0 Å². The van der Waals surface area contributed by atoms with Crippen molar-refractivity contribution in [3.05, 3.63) is 29.8 Å². The number of phenols is 1. The number of carboxylic acids is 3. The van der Waals surface area contributed by atoms with Crippen LogP contribution in [0.25, 0.3) is 0 Å². The summed E-state index contributed by atoms with van der Waals surface area (Å²) < 4.78 is 0. The fraction of sp³-hybridized carbons (Fsp3) is 0.654. The first-order valence-electron chi connectivity index (χ1n) is 26.7. The number of nitrogens with one attached hydrogen (secondary N) is 6. The predicted molar refractivity (Wildman–Crippen MR) is 279 cm³/mol. The molecule has 4 rings (SSSR count). The van der Waals surface area contributed by atoms with E-state index >= 15 is 0 Å². The lowest BCUT2D eigenvalue weighted by atomic mass is 9.97. The topological polar surface area (TPSA) is 414 Å². The normalized spacial score (nSPS) is 20.3. The van der Waals surface area contributed by atoms with E-state index in [1.54, 1.807) is 41.5 Å². The molecule has 3 fully saturated rings. The molecule has 1 aromatic carbocycles. The van der Waals surface area contributed by atoms with Crippen molar-refractivity contribution in [2.24, 2.45) is 23.5 Å². The van der Waals surface area contributed by atoms with Gasteiger partial charge in [0.15, 0.2) is 0 Å². The molecule has 9 amide bonds. The van der Waals surface area contributed by atoms with E-state index in [9.17, 15) is 83.1 Å². The second-order valence-electron chi connectivity index (χ2n) is 21.4. The van der Waals surface area contributed by atoms with Gasteiger partial charge in [-0.15, -0.1) is 0 Å². The van der Waals surface area contributed by atoms with E-state index in [0.29, 0.717) is 24.8 Å². The zero-order chi connectivity index (χ0) is 59.2. The molecule has 79 heavy (non-hydrogen) atoms. The van der Waals surface area contributed by atoms with Crippen LogP contribution in [-0.4, -0.2) is 197 Å². The maximum absolute atomic E-state index is 14.2. The Kier molecular flexibility index (Phi) is 23.5. The number of carbonyl (C=O) groups is 12. The number of hydrogen-bond acceptors (Lipinski definition) is 15. The third kappa shape index (κ3) is 17.5. The van der Waals surface area contributed by atoms with Gasteiger partial charge in [-0.05, 0) is 87.3 Å². The standard InChI is InChI=1S/C52H78N10O17/c1-25(2)40(47(73)58-41(26(3)4)48(74)59-42(27(5)6)51(77)61-21-9-12-35(61)46(72)56-33(52(78)79)23-29-14-16-30(64)17-15-29)57-43(69)31(18-19-37(65)66)54-44(70)32(24-38(67)68)55-45(71)34-11-8-20-60(34)49(75)36-13-10-22-62(36)50(76)39(53)28(7)63/h14-17,25-28,31-36,39-42,63-64H,8-13,18-24,53H2,1-7H3,(H,54,70)(H,55,71)(H,56,72)(H,57,69)(H,58,73)(H,59,74)(H,65,66)(H,67,68)(H,78,79)/t28-,31+,32+,33+,34+,35+,36+,39+,40+,41+,42+/m1/s1. The van der Waals surface area contributed by atoms with Crippen LogP contribution in [0, 0.1) is 17.8 Å². The quantitative estimate of drug-likeness (QED) is 0.0450. The van der Waals surface area contributed by atoms with Gasteiger partial charge >= 0.3 is 17.9 Å². The van der Waals surface area contributed by atoms with E-state index < -0.39 is 175 Å². The Morgan fingerprint density at radius 1 is 0.544 bits per heavy atom. The molecule has 3 aliphatic rings. The van der Waals surface area contributed by atoms with Crippen molar-refractivity contribution >= 4 is 71.1 Å². The Hall–Kier alpha value is -7.42. The van der Waals surface area contributed by atoms with Crippen molar-refractivity contribution < 1.29 is 83.1 Å². The molecule has 1 aromatic rings. The number of nitrogens with zero attached hydrogens (tertiary/aromatic N) is 3. The molecule has 0 saturated carbocycles. The first kappa shape index (κ1) is 64.1. The second-order valence-corrected chi connectivity index (χ2v) is 21.4. The minimum Gasteiger partial charge on any atom is -0.508 e. The highest BCUT2D eigenvalue weighted by Gasteiger charge is 2.45. The van der Waals surface area contributed by atoms with Gasteiger partial charge in [0.05, 0.1) is 12.5 Å². The molecule has 0 radical (unpaired) electrons. The third-order valence-electron chi connectivity index (χ3n) is 14.3. The average Bonchev–Trinajstić information content (AvgIpc) is 4.22. The van der Waals surface area contributed by atoms with Crippen LogP contribution in [0.3, 0.4) is 0 Å². The van der Waals surface area contributed by atoms with Gasteiger partial charge in [-0.2, -0.15) is 0 Å². The van der Waals surface area contributed by atoms with Gasteiger partial charge in [0.1, 0.15) is 66.2 Å². The largest absolute Gasteiger partial charge is 0.508 e. The summed E-state index contributed by atoms with van der Waals surface area (Å²) in [5.74, 6) is -13.7. The molecular weight excluding hydrogens is 1040 g/mol. The molecule has 0 bridgehead atoms. The highest BCUT2D eigenvalue weighted by Crippen LogP contribution is 2.27. The first-order chi connectivity index (χ1) is 37.0. The summed E-state index contributed by atoms with van der Waals surface area (Å²) >= 11 is 0. The highest BCUT2D eigenvalue weighted by atomic mass is 16.4. The van der Waals surface area contributed by atoms with E-state index in [-0.39, 0.29) is 51.1 Å². The van der Waals surface area contributed by atoms with Crippen molar-refractivity contribution in [3.8, 4) is 5.75 Å². The summed E-state index contributed by atoms with van der Waals surface area (Å²) in [4.78, 5) is 164. The Morgan fingerprint density at radius 2 is 0.987 bits per heavy atom. The van der Waals surface area contributed by atoms with Gasteiger partial charge in [0.2, 0.25) is 53.2 Å². The van der Waals surface area contributed by atoms with E-state index in [2.05, 4.69) is 31.9 Å². The van der Waals surface area contributed by atoms with Crippen molar-refractivity contribution in [3.63, 3.8) is 0 Å². The van der Waals surface area contributed by atoms with Gasteiger partial charge in [-0.25, -0.2) is 4.79 Å². The van der Waals surface area contributed by atoms with Gasteiger partial charge in [0, 0.05) is 32.5 Å². The number of rotatable bonds is 27. The number of hydrogen-bond donors (Lipinski definition) is 12. The first-order valence-corrected chi connectivity index (χ1v) is 26.7. The van der Waals surface area contributed by atoms with Crippen LogP contribution in [0.4, 0.5) is 0 Å². The van der Waals surface area contributed by atoms with Crippen molar-refractivity contribution in [1.29, 1.82) is 0 Å². The Balaban J connectivity index is 1.46. The van der Waals surface area contributed by atoms with E-state index in [1.165, 1.54) is 45.9 Å². The van der Waals surface area contributed by atoms with Crippen LogP contribution in [0.5, 0.6) is 5.75 Å². The summed E-state index contributed by atoms with van der Waals surface area (Å²) in [7, 11) is 0. The van der Waals surface area contributed by atoms with E-state index in [0.717, 1.165) is 0 Å². The van der Waals surface area contributed by atoms with Crippen LogP contribution in [-0.2, 0) is 64.0 Å². The minimum absolute atomic E-state index is 0.0293. The lowest BCUT2D eigenvalue weighted by Crippen LogP contribution is -2.62. The van der Waals surface area contributed by atoms with E-state index in [4.69, 9.17) is 5.73 Å². The van der Waals surface area contributed by atoms with Gasteiger partial charge in [-0.3, -0.25) is 52.7 Å². The molecule has 27 heteroatoms. The molecule has 13 N–H and O–H groups in total. The molecule has 3 saturated heterocycles. The SMILES string of the molecule is CC(C)[C@H](NC(=O)[C@H](CCC(=O)O)NC(=O)[C@H](CC(=O)O)NC(=O)[C@@H]1CCCN1C(=O)[C@@H]1CCCN1C(=O)[C@@H](N)[C@@H](C)O)C(=O)N[C@H](C(=O)N[C@H](C(=O)N1CCC[C@H]1C(=O)N[C@@H](Cc1ccc(O)cc1)C(=O)O)C(C)C)C(C)C. The number of phenolic OH excluding ortho intramolecular Hbond substituents is 1. The average molecular weight is 1120 g/mol. The summed E-state index contributed by atoms with van der Waals surface area (Å²) in [6, 6.07) is -7.80. The van der Waals surface area contributed by atoms with Crippen LogP contribution in [0.15, 0.2) is 24.3 Å². The maximum Gasteiger partial charge on any atom is 0.326 e. The van der Waals surface area contributed by atoms with Gasteiger partial charge < -0.3 is 77.9 Å². The number of carboxylic acid groups (broad SMARTS) is 3. The number of aliphatic carboxylic acids is 3. The van der Waals surface area contributed by atoms with E-state index in [1.807, 2.05) is 0 Å². The molecular formula is C52H78N10O17. The Labute approximate surface area is 457 Å². The zero-order valence-corrected chi connectivity index (χ0v) is 45.6. The van der Waals surface area contributed by atoms with Crippen molar-refractivity contribution in [1.82, 2.24) is 46.6 Å². The molecule has 0 spiro atoms. The number of likely N-dealkylation sites (tertiary alicyclic amines) is 3. The number of nitrogens with two attached hydrogens (primary N) is 1. The van der Waals surface area contributed by atoms with Gasteiger partial charge in [-0.1, -0.05) is 53.7 Å².